The molecule has 3 aromatic carbocycles. The summed E-state index contributed by atoms with van der Waals surface area (Å²) in [4.78, 5) is 8.96. The number of pyridine rings is 1. The fraction of sp³-hybridized carbons (Fsp3) is 0.148. The molecule has 0 bridgehead atoms. The molecule has 176 valence electrons. The van der Waals surface area contributed by atoms with Gasteiger partial charge in [-0.05, 0) is 72.0 Å². The van der Waals surface area contributed by atoms with Crippen LogP contribution >= 0.6 is 11.6 Å². The number of fused-ring (bicyclic) bond motifs is 1. The van der Waals surface area contributed by atoms with Gasteiger partial charge in [-0.25, -0.2) is 14.4 Å². The fourth-order valence-electron chi connectivity index (χ4n) is 4.14. The van der Waals surface area contributed by atoms with Crippen molar-refractivity contribution in [3.63, 3.8) is 0 Å². The first-order valence-electron chi connectivity index (χ1n) is 11.3. The predicted molar refractivity (Wildman–Crippen MR) is 139 cm³/mol. The topological polar surface area (TPSA) is 81.7 Å². The maximum atomic E-state index is 15.2. The van der Waals surface area contributed by atoms with Gasteiger partial charge in [0.2, 0.25) is 0 Å². The lowest BCUT2D eigenvalue weighted by Crippen LogP contribution is -2.19. The molecule has 1 atom stereocenters. The van der Waals surface area contributed by atoms with Crippen molar-refractivity contribution in [2.45, 2.75) is 19.4 Å². The Labute approximate surface area is 207 Å². The molecular weight excluding hydrogens is 463 g/mol. The highest BCUT2D eigenvalue weighted by atomic mass is 35.5. The summed E-state index contributed by atoms with van der Waals surface area (Å²) in [7, 11) is 1.81. The standard InChI is InChI=1S/C27H24ClFN6/c1-3-16-4-11-23(29)22(14-16)24(32-20-9-10-21-18(15-20)12-13-31-25(21)30)27-33-26(34-35(27)2)17-5-7-19(28)8-6-17/h4-15,24,32H,3H2,1-2H3,(H2,30,31). The summed E-state index contributed by atoms with van der Waals surface area (Å²) < 4.78 is 16.9. The number of aromatic nitrogens is 4. The summed E-state index contributed by atoms with van der Waals surface area (Å²) in [6, 6.07) is 19.6. The molecule has 8 heteroatoms. The number of aryl methyl sites for hydroxylation is 2. The van der Waals surface area contributed by atoms with Crippen molar-refractivity contribution in [2.24, 2.45) is 7.05 Å². The average Bonchev–Trinajstić information content (AvgIpc) is 3.25. The molecule has 6 nitrogen and oxygen atoms in total. The number of anilines is 2. The molecule has 3 N–H and O–H groups in total. The van der Waals surface area contributed by atoms with E-state index in [9.17, 15) is 0 Å². The number of hydrogen-bond donors (Lipinski definition) is 2. The van der Waals surface area contributed by atoms with E-state index in [1.807, 2.05) is 56.4 Å². The van der Waals surface area contributed by atoms with Crippen LogP contribution in [0.5, 0.6) is 0 Å². The molecule has 2 heterocycles. The van der Waals surface area contributed by atoms with Crippen molar-refractivity contribution < 1.29 is 4.39 Å². The van der Waals surface area contributed by atoms with Crippen molar-refractivity contribution >= 4 is 33.9 Å². The van der Waals surface area contributed by atoms with E-state index in [-0.39, 0.29) is 5.82 Å². The average molecular weight is 487 g/mol. The number of rotatable bonds is 6. The Bertz CT molecular complexity index is 1510. The lowest BCUT2D eigenvalue weighted by Gasteiger charge is -2.21. The third-order valence-electron chi connectivity index (χ3n) is 6.04. The van der Waals surface area contributed by atoms with Gasteiger partial charge < -0.3 is 11.1 Å². The fourth-order valence-corrected chi connectivity index (χ4v) is 4.27. The van der Waals surface area contributed by atoms with Crippen LogP contribution in [-0.4, -0.2) is 19.7 Å². The Kier molecular flexibility index (Phi) is 6.09. The van der Waals surface area contributed by atoms with E-state index in [1.54, 1.807) is 29.1 Å². The molecule has 35 heavy (non-hydrogen) atoms. The Hall–Kier alpha value is -3.97. The zero-order chi connectivity index (χ0) is 24.5. The Morgan fingerprint density at radius 1 is 1.06 bits per heavy atom. The molecule has 5 rings (SSSR count). The number of nitrogen functional groups attached to an aromatic ring is 1. The SMILES string of the molecule is CCc1ccc(F)c(C(Nc2ccc3c(N)nccc3c2)c2nc(-c3ccc(Cl)cc3)nn2C)c1. The summed E-state index contributed by atoms with van der Waals surface area (Å²) in [5.41, 5.74) is 9.17. The van der Waals surface area contributed by atoms with Gasteiger partial charge in [0.25, 0.3) is 0 Å². The molecule has 0 radical (unpaired) electrons. The number of hydrogen-bond acceptors (Lipinski definition) is 5. The van der Waals surface area contributed by atoms with Crippen LogP contribution in [0, 0.1) is 5.82 Å². The third-order valence-corrected chi connectivity index (χ3v) is 6.30. The lowest BCUT2D eigenvalue weighted by molar-refractivity contribution is 0.590. The molecule has 0 fully saturated rings. The summed E-state index contributed by atoms with van der Waals surface area (Å²) >= 11 is 6.04. The smallest absolute Gasteiger partial charge is 0.181 e. The molecule has 5 aromatic rings. The first-order valence-corrected chi connectivity index (χ1v) is 11.7. The van der Waals surface area contributed by atoms with E-state index >= 15 is 4.39 Å². The minimum absolute atomic E-state index is 0.315. The molecule has 0 saturated heterocycles. The number of nitrogens with zero attached hydrogens (tertiary/aromatic N) is 4. The van der Waals surface area contributed by atoms with Gasteiger partial charge in [-0.15, -0.1) is 0 Å². The van der Waals surface area contributed by atoms with Gasteiger partial charge in [-0.3, -0.25) is 4.68 Å². The predicted octanol–water partition coefficient (Wildman–Crippen LogP) is 6.17. The van der Waals surface area contributed by atoms with Crippen LogP contribution in [0.4, 0.5) is 15.9 Å². The van der Waals surface area contributed by atoms with E-state index in [2.05, 4.69) is 15.4 Å². The summed E-state index contributed by atoms with van der Waals surface area (Å²) in [6.07, 6.45) is 2.46. The highest BCUT2D eigenvalue weighted by Crippen LogP contribution is 2.32. The molecule has 0 aliphatic heterocycles. The van der Waals surface area contributed by atoms with E-state index < -0.39 is 6.04 Å². The van der Waals surface area contributed by atoms with E-state index in [1.165, 1.54) is 6.07 Å². The maximum Gasteiger partial charge on any atom is 0.181 e. The highest BCUT2D eigenvalue weighted by molar-refractivity contribution is 6.30. The third kappa shape index (κ3) is 4.55. The van der Waals surface area contributed by atoms with Crippen LogP contribution in [0.15, 0.2) is 72.9 Å². The normalized spacial score (nSPS) is 12.1. The van der Waals surface area contributed by atoms with Gasteiger partial charge in [-0.1, -0.05) is 30.7 Å². The zero-order valence-corrected chi connectivity index (χ0v) is 20.1. The van der Waals surface area contributed by atoms with Crippen LogP contribution in [0.25, 0.3) is 22.2 Å². The lowest BCUT2D eigenvalue weighted by atomic mass is 10.0. The van der Waals surface area contributed by atoms with Gasteiger partial charge in [0, 0.05) is 40.5 Å². The molecule has 0 saturated carbocycles. The molecular formula is C27H24ClFN6. The molecule has 0 aliphatic carbocycles. The monoisotopic (exact) mass is 486 g/mol. The first-order chi connectivity index (χ1) is 16.9. The summed E-state index contributed by atoms with van der Waals surface area (Å²) in [5.74, 6) is 1.27. The summed E-state index contributed by atoms with van der Waals surface area (Å²) in [5, 5.41) is 10.5. The Morgan fingerprint density at radius 3 is 2.63 bits per heavy atom. The van der Waals surface area contributed by atoms with E-state index in [0.717, 1.165) is 34.0 Å². The van der Waals surface area contributed by atoms with Crippen LogP contribution in [-0.2, 0) is 13.5 Å². The van der Waals surface area contributed by atoms with Gasteiger partial charge in [-0.2, -0.15) is 5.10 Å². The minimum Gasteiger partial charge on any atom is -0.383 e. The van der Waals surface area contributed by atoms with Crippen LogP contribution < -0.4 is 11.1 Å². The van der Waals surface area contributed by atoms with Crippen LogP contribution in [0.3, 0.4) is 0 Å². The second-order valence-electron chi connectivity index (χ2n) is 8.34. The van der Waals surface area contributed by atoms with Crippen LogP contribution in [0.2, 0.25) is 5.02 Å². The van der Waals surface area contributed by atoms with Crippen LogP contribution in [0.1, 0.15) is 29.9 Å². The Balaban J connectivity index is 1.62. The number of benzene rings is 3. The second-order valence-corrected chi connectivity index (χ2v) is 8.78. The highest BCUT2D eigenvalue weighted by Gasteiger charge is 2.25. The molecule has 1 unspecified atom stereocenters. The van der Waals surface area contributed by atoms with Gasteiger partial charge in [0.1, 0.15) is 17.7 Å². The molecule has 2 aromatic heterocycles. The Morgan fingerprint density at radius 2 is 1.86 bits per heavy atom. The van der Waals surface area contributed by atoms with Crippen molar-refractivity contribution in [1.82, 2.24) is 19.7 Å². The minimum atomic E-state index is -0.586. The van der Waals surface area contributed by atoms with Crippen molar-refractivity contribution in [2.75, 3.05) is 11.1 Å². The largest absolute Gasteiger partial charge is 0.383 e. The van der Waals surface area contributed by atoms with Gasteiger partial charge in [0.15, 0.2) is 11.6 Å². The number of nitrogens with two attached hydrogens (primary N) is 1. The van der Waals surface area contributed by atoms with Gasteiger partial charge in [0.05, 0.1) is 0 Å². The zero-order valence-electron chi connectivity index (χ0n) is 19.3. The first kappa shape index (κ1) is 22.8. The number of nitrogens with one attached hydrogen (secondary N) is 1. The second kappa shape index (κ2) is 9.35. The molecule has 0 amide bonds. The summed E-state index contributed by atoms with van der Waals surface area (Å²) in [6.45, 7) is 2.04. The van der Waals surface area contributed by atoms with Crippen molar-refractivity contribution in [3.8, 4) is 11.4 Å². The quantitative estimate of drug-likeness (QED) is 0.300. The van der Waals surface area contributed by atoms with E-state index in [4.69, 9.17) is 22.3 Å². The molecule has 0 spiro atoms. The van der Waals surface area contributed by atoms with E-state index in [0.29, 0.717) is 28.1 Å². The van der Waals surface area contributed by atoms with Crippen molar-refractivity contribution in [3.05, 3.63) is 101 Å². The van der Waals surface area contributed by atoms with Gasteiger partial charge >= 0.3 is 0 Å². The number of halogens is 2. The maximum absolute atomic E-state index is 15.2. The van der Waals surface area contributed by atoms with Crippen molar-refractivity contribution in [1.29, 1.82) is 0 Å². The molecule has 0 aliphatic rings.